The highest BCUT2D eigenvalue weighted by Gasteiger charge is 2.06. The minimum absolute atomic E-state index is 0.938. The van der Waals surface area contributed by atoms with E-state index in [1.807, 2.05) is 0 Å². The van der Waals surface area contributed by atoms with E-state index in [0.717, 1.165) is 6.42 Å². The predicted octanol–water partition coefficient (Wildman–Crippen LogP) is 4.00. The van der Waals surface area contributed by atoms with Crippen LogP contribution >= 0.6 is 0 Å². The summed E-state index contributed by atoms with van der Waals surface area (Å²) < 4.78 is 0. The molecule has 0 fully saturated rings. The third-order valence-corrected chi connectivity index (χ3v) is 2.50. The van der Waals surface area contributed by atoms with Crippen molar-refractivity contribution < 1.29 is 0 Å². The number of hydrogen-bond acceptors (Lipinski definition) is 0. The summed E-state index contributed by atoms with van der Waals surface area (Å²) >= 11 is 0. The molecular formula is C12H22Si. The van der Waals surface area contributed by atoms with Crippen molar-refractivity contribution in [3.8, 4) is 11.5 Å². The average Bonchev–Trinajstić information content (AvgIpc) is 2.01. The van der Waals surface area contributed by atoms with Crippen molar-refractivity contribution in [2.24, 2.45) is 0 Å². The maximum Gasteiger partial charge on any atom is 0.129 e. The Balaban J connectivity index is 3.53. The maximum absolute atomic E-state index is 3.35. The molecule has 0 N–H and O–H groups in total. The highest BCUT2D eigenvalue weighted by Crippen LogP contribution is 1.98. The van der Waals surface area contributed by atoms with Crippen molar-refractivity contribution in [1.29, 1.82) is 0 Å². The minimum atomic E-state index is -1.13. The number of rotatable bonds is 4. The van der Waals surface area contributed by atoms with Gasteiger partial charge in [0.15, 0.2) is 0 Å². The maximum atomic E-state index is 3.35. The van der Waals surface area contributed by atoms with Crippen LogP contribution < -0.4 is 0 Å². The van der Waals surface area contributed by atoms with Gasteiger partial charge in [-0.1, -0.05) is 51.6 Å². The summed E-state index contributed by atoms with van der Waals surface area (Å²) in [5.74, 6) is 3.23. The quantitative estimate of drug-likeness (QED) is 0.275. The highest BCUT2D eigenvalue weighted by atomic mass is 28.3. The van der Waals surface area contributed by atoms with Crippen LogP contribution in [-0.4, -0.2) is 8.07 Å². The zero-order valence-corrected chi connectivity index (χ0v) is 10.5. The first-order valence-corrected chi connectivity index (χ1v) is 8.71. The van der Waals surface area contributed by atoms with Gasteiger partial charge in [0.2, 0.25) is 0 Å². The van der Waals surface area contributed by atoms with Crippen molar-refractivity contribution >= 4 is 8.07 Å². The lowest BCUT2D eigenvalue weighted by molar-refractivity contribution is 0.813. The summed E-state index contributed by atoms with van der Waals surface area (Å²) in [5, 5.41) is 0. The van der Waals surface area contributed by atoms with Crippen LogP contribution in [0, 0.1) is 11.5 Å². The van der Waals surface area contributed by atoms with Gasteiger partial charge in [-0.3, -0.25) is 0 Å². The molecule has 0 saturated carbocycles. The van der Waals surface area contributed by atoms with Crippen LogP contribution in [0.15, 0.2) is 12.2 Å². The minimum Gasteiger partial charge on any atom is -0.132 e. The van der Waals surface area contributed by atoms with Gasteiger partial charge in [0.1, 0.15) is 8.07 Å². The molecule has 0 saturated heterocycles. The second kappa shape index (κ2) is 6.97. The Labute approximate surface area is 84.4 Å². The molecule has 0 bridgehead atoms. The van der Waals surface area contributed by atoms with Crippen molar-refractivity contribution in [3.05, 3.63) is 12.2 Å². The fourth-order valence-electron chi connectivity index (χ4n) is 0.898. The Morgan fingerprint density at radius 1 is 1.15 bits per heavy atom. The Morgan fingerprint density at radius 3 is 2.38 bits per heavy atom. The number of hydrogen-bond donors (Lipinski definition) is 0. The Morgan fingerprint density at radius 2 is 1.85 bits per heavy atom. The zero-order valence-electron chi connectivity index (χ0n) is 9.48. The molecule has 0 unspecified atom stereocenters. The molecule has 0 aliphatic rings. The molecule has 0 nitrogen and oxygen atoms in total. The van der Waals surface area contributed by atoms with E-state index in [9.17, 15) is 0 Å². The van der Waals surface area contributed by atoms with Gasteiger partial charge in [-0.15, -0.1) is 11.5 Å². The second-order valence-corrected chi connectivity index (χ2v) is 9.12. The van der Waals surface area contributed by atoms with E-state index in [1.165, 1.54) is 19.3 Å². The first-order valence-electron chi connectivity index (χ1n) is 5.21. The summed E-state index contributed by atoms with van der Waals surface area (Å²) in [6, 6.07) is 0. The SMILES string of the molecule is CCCC/C=C\CC#C[Si](C)(C)C. The van der Waals surface area contributed by atoms with Crippen molar-refractivity contribution in [2.45, 2.75) is 52.2 Å². The zero-order chi connectivity index (χ0) is 10.2. The molecule has 0 amide bonds. The number of unbranched alkanes of at least 4 members (excludes halogenated alkanes) is 2. The Bertz CT molecular complexity index is 197. The predicted molar refractivity (Wildman–Crippen MR) is 64.4 cm³/mol. The first kappa shape index (κ1) is 12.5. The normalized spacial score (nSPS) is 11.4. The third kappa shape index (κ3) is 11.5. The lowest BCUT2D eigenvalue weighted by atomic mass is 10.2. The van der Waals surface area contributed by atoms with E-state index in [0.29, 0.717) is 0 Å². The topological polar surface area (TPSA) is 0 Å². The fourth-order valence-corrected chi connectivity index (χ4v) is 1.53. The molecule has 0 aromatic rings. The lowest BCUT2D eigenvalue weighted by Gasteiger charge is -2.02. The summed E-state index contributed by atoms with van der Waals surface area (Å²) in [7, 11) is -1.13. The third-order valence-electron chi connectivity index (χ3n) is 1.57. The molecule has 0 atom stereocenters. The van der Waals surface area contributed by atoms with Crippen LogP contribution in [0.1, 0.15) is 32.6 Å². The summed E-state index contributed by atoms with van der Waals surface area (Å²) in [6.07, 6.45) is 9.19. The van der Waals surface area contributed by atoms with Crippen LogP contribution in [0.25, 0.3) is 0 Å². The molecule has 0 aromatic carbocycles. The van der Waals surface area contributed by atoms with E-state index in [-0.39, 0.29) is 0 Å². The van der Waals surface area contributed by atoms with E-state index in [1.54, 1.807) is 0 Å². The molecule has 13 heavy (non-hydrogen) atoms. The lowest BCUT2D eigenvalue weighted by Crippen LogP contribution is -2.16. The molecule has 0 rings (SSSR count). The number of allylic oxidation sites excluding steroid dienone is 2. The van der Waals surface area contributed by atoms with Gasteiger partial charge >= 0.3 is 0 Å². The van der Waals surface area contributed by atoms with E-state index < -0.39 is 8.07 Å². The van der Waals surface area contributed by atoms with Crippen LogP contribution in [-0.2, 0) is 0 Å². The Kier molecular flexibility index (Phi) is 6.71. The average molecular weight is 194 g/mol. The summed E-state index contributed by atoms with van der Waals surface area (Å²) in [5.41, 5.74) is 3.35. The van der Waals surface area contributed by atoms with Gasteiger partial charge in [0, 0.05) is 6.42 Å². The molecule has 0 radical (unpaired) electrons. The molecule has 1 heteroatoms. The summed E-state index contributed by atoms with van der Waals surface area (Å²) in [6.45, 7) is 9.06. The van der Waals surface area contributed by atoms with Crippen LogP contribution in [0.2, 0.25) is 19.6 Å². The van der Waals surface area contributed by atoms with Crippen LogP contribution in [0.5, 0.6) is 0 Å². The second-order valence-electron chi connectivity index (χ2n) is 4.37. The van der Waals surface area contributed by atoms with Crippen LogP contribution in [0.4, 0.5) is 0 Å². The van der Waals surface area contributed by atoms with E-state index in [2.05, 4.69) is 50.2 Å². The van der Waals surface area contributed by atoms with Gasteiger partial charge in [-0.25, -0.2) is 0 Å². The van der Waals surface area contributed by atoms with Crippen molar-refractivity contribution in [3.63, 3.8) is 0 Å². The highest BCUT2D eigenvalue weighted by molar-refractivity contribution is 6.83. The molecule has 0 aliphatic heterocycles. The van der Waals surface area contributed by atoms with Gasteiger partial charge in [0.05, 0.1) is 0 Å². The van der Waals surface area contributed by atoms with E-state index >= 15 is 0 Å². The fraction of sp³-hybridized carbons (Fsp3) is 0.667. The van der Waals surface area contributed by atoms with Crippen molar-refractivity contribution in [2.75, 3.05) is 0 Å². The monoisotopic (exact) mass is 194 g/mol. The van der Waals surface area contributed by atoms with Gasteiger partial charge in [0.25, 0.3) is 0 Å². The van der Waals surface area contributed by atoms with Crippen LogP contribution in [0.3, 0.4) is 0 Å². The van der Waals surface area contributed by atoms with Gasteiger partial charge in [-0.2, -0.15) is 0 Å². The molecule has 74 valence electrons. The summed E-state index contributed by atoms with van der Waals surface area (Å²) in [4.78, 5) is 0. The molecule has 0 spiro atoms. The first-order chi connectivity index (χ1) is 6.06. The van der Waals surface area contributed by atoms with Gasteiger partial charge in [-0.05, 0) is 6.42 Å². The Hall–Kier alpha value is -0.483. The smallest absolute Gasteiger partial charge is 0.129 e. The largest absolute Gasteiger partial charge is 0.132 e. The van der Waals surface area contributed by atoms with E-state index in [4.69, 9.17) is 0 Å². The molecule has 0 aromatic heterocycles. The molecule has 0 heterocycles. The standard InChI is InChI=1S/C12H22Si/c1-5-6-7-8-9-10-11-12-13(2,3)4/h8-9H,5-7,10H2,1-4H3/b9-8-. The van der Waals surface area contributed by atoms with Gasteiger partial charge < -0.3 is 0 Å². The van der Waals surface area contributed by atoms with Crippen molar-refractivity contribution in [1.82, 2.24) is 0 Å². The molecule has 0 aliphatic carbocycles. The molecular weight excluding hydrogens is 172 g/mol.